The van der Waals surface area contributed by atoms with Crippen LogP contribution in [0.25, 0.3) is 11.1 Å². The molecule has 1 aliphatic carbocycles. The second-order valence-corrected chi connectivity index (χ2v) is 8.33. The summed E-state index contributed by atoms with van der Waals surface area (Å²) in [5.41, 5.74) is 4.75. The molecule has 7 heteroatoms. The number of carboxylic acids is 1. The quantitative estimate of drug-likeness (QED) is 0.413. The van der Waals surface area contributed by atoms with Crippen LogP contribution in [-0.4, -0.2) is 42.3 Å². The zero-order valence-electron chi connectivity index (χ0n) is 19.0. The van der Waals surface area contributed by atoms with Gasteiger partial charge in [0.15, 0.2) is 0 Å². The first-order chi connectivity index (χ1) is 16.0. The molecular weight excluding hydrogens is 420 g/mol. The van der Waals surface area contributed by atoms with Gasteiger partial charge < -0.3 is 20.5 Å². The summed E-state index contributed by atoms with van der Waals surface area (Å²) < 4.78 is 5.51. The Labute approximate surface area is 194 Å². The van der Waals surface area contributed by atoms with Crippen molar-refractivity contribution in [2.45, 2.75) is 57.4 Å². The topological polar surface area (TPSA) is 105 Å². The fourth-order valence-electron chi connectivity index (χ4n) is 4.24. The molecule has 0 aromatic heterocycles. The molecule has 0 fully saturated rings. The lowest BCUT2D eigenvalue weighted by Crippen LogP contribution is -2.35. The highest BCUT2D eigenvalue weighted by molar-refractivity contribution is 5.79. The van der Waals surface area contributed by atoms with Crippen molar-refractivity contribution in [2.75, 3.05) is 13.2 Å². The van der Waals surface area contributed by atoms with Gasteiger partial charge >= 0.3 is 12.1 Å². The summed E-state index contributed by atoms with van der Waals surface area (Å²) in [6.45, 7) is 2.62. The number of fused-ring (bicyclic) bond motifs is 3. The van der Waals surface area contributed by atoms with E-state index in [4.69, 9.17) is 9.84 Å². The van der Waals surface area contributed by atoms with E-state index in [0.717, 1.165) is 12.8 Å². The number of carboxylic acid groups (broad SMARTS) is 1. The van der Waals surface area contributed by atoms with E-state index in [1.54, 1.807) is 0 Å². The standard InChI is InChI=1S/C26H32N2O5/c1-2-18(16-25(30)31)28-24(29)14-4-3-9-15-27-26(32)33-17-23-21-12-7-5-10-19(21)20-11-6-8-13-22(20)23/h5-8,10-13,18,23H,2-4,9,14-17H2,1H3,(H,27,32)(H,28,29)(H,30,31)/t18-/m0/s1. The Morgan fingerprint density at radius 3 is 2.21 bits per heavy atom. The number of aliphatic carboxylic acids is 1. The van der Waals surface area contributed by atoms with E-state index in [0.29, 0.717) is 25.8 Å². The van der Waals surface area contributed by atoms with Gasteiger partial charge in [-0.3, -0.25) is 9.59 Å². The second kappa shape index (κ2) is 12.0. The Morgan fingerprint density at radius 1 is 0.970 bits per heavy atom. The van der Waals surface area contributed by atoms with Gasteiger partial charge in [0.1, 0.15) is 6.61 Å². The molecule has 1 aliphatic rings. The molecule has 2 aromatic rings. The third-order valence-electron chi connectivity index (χ3n) is 5.97. The molecular formula is C26H32N2O5. The van der Waals surface area contributed by atoms with Crippen LogP contribution in [0.2, 0.25) is 0 Å². The molecule has 0 unspecified atom stereocenters. The molecule has 1 atom stereocenters. The van der Waals surface area contributed by atoms with Crippen molar-refractivity contribution in [1.82, 2.24) is 10.6 Å². The second-order valence-electron chi connectivity index (χ2n) is 8.33. The zero-order chi connectivity index (χ0) is 23.6. The van der Waals surface area contributed by atoms with Gasteiger partial charge in [-0.25, -0.2) is 4.79 Å². The van der Waals surface area contributed by atoms with Gasteiger partial charge in [0.05, 0.1) is 6.42 Å². The van der Waals surface area contributed by atoms with E-state index in [-0.39, 0.29) is 30.9 Å². The maximum Gasteiger partial charge on any atom is 0.407 e. The van der Waals surface area contributed by atoms with E-state index in [1.165, 1.54) is 22.3 Å². The van der Waals surface area contributed by atoms with Crippen LogP contribution in [0, 0.1) is 0 Å². The molecule has 0 saturated carbocycles. The van der Waals surface area contributed by atoms with Crippen molar-refractivity contribution in [3.63, 3.8) is 0 Å². The molecule has 2 amide bonds. The molecule has 3 rings (SSSR count). The van der Waals surface area contributed by atoms with Crippen LogP contribution >= 0.6 is 0 Å². The fourth-order valence-corrected chi connectivity index (χ4v) is 4.24. The summed E-state index contributed by atoms with van der Waals surface area (Å²) >= 11 is 0. The van der Waals surface area contributed by atoms with Gasteiger partial charge in [-0.15, -0.1) is 0 Å². The van der Waals surface area contributed by atoms with Crippen LogP contribution in [-0.2, 0) is 14.3 Å². The first-order valence-electron chi connectivity index (χ1n) is 11.6. The number of rotatable bonds is 12. The molecule has 7 nitrogen and oxygen atoms in total. The maximum absolute atomic E-state index is 12.2. The third kappa shape index (κ3) is 6.81. The number of ether oxygens (including phenoxy) is 1. The first kappa shape index (κ1) is 24.3. The number of unbranched alkanes of at least 4 members (excludes halogenated alkanes) is 2. The number of carbonyl (C=O) groups is 3. The zero-order valence-corrected chi connectivity index (χ0v) is 19.0. The van der Waals surface area contributed by atoms with E-state index in [9.17, 15) is 14.4 Å². The lowest BCUT2D eigenvalue weighted by Gasteiger charge is -2.15. The lowest BCUT2D eigenvalue weighted by atomic mass is 9.98. The molecule has 0 radical (unpaired) electrons. The number of hydrogen-bond donors (Lipinski definition) is 3. The van der Waals surface area contributed by atoms with Gasteiger partial charge in [-0.1, -0.05) is 61.9 Å². The summed E-state index contributed by atoms with van der Waals surface area (Å²) in [5.74, 6) is -1.01. The Morgan fingerprint density at radius 2 is 1.61 bits per heavy atom. The van der Waals surface area contributed by atoms with E-state index >= 15 is 0 Å². The van der Waals surface area contributed by atoms with Crippen molar-refractivity contribution >= 4 is 18.0 Å². The number of nitrogens with one attached hydrogen (secondary N) is 2. The molecule has 0 heterocycles. The van der Waals surface area contributed by atoms with Crippen molar-refractivity contribution in [2.24, 2.45) is 0 Å². The molecule has 2 aromatic carbocycles. The van der Waals surface area contributed by atoms with Crippen LogP contribution in [0.15, 0.2) is 48.5 Å². The predicted octanol–water partition coefficient (Wildman–Crippen LogP) is 4.46. The highest BCUT2D eigenvalue weighted by Crippen LogP contribution is 2.44. The molecule has 0 spiro atoms. The van der Waals surface area contributed by atoms with Crippen molar-refractivity contribution in [3.8, 4) is 11.1 Å². The Kier molecular flexibility index (Phi) is 8.87. The van der Waals surface area contributed by atoms with Gasteiger partial charge in [0.25, 0.3) is 0 Å². The summed E-state index contributed by atoms with van der Waals surface area (Å²) in [6, 6.07) is 16.1. The number of hydrogen-bond acceptors (Lipinski definition) is 4. The Bertz CT molecular complexity index is 929. The van der Waals surface area contributed by atoms with Crippen molar-refractivity contribution in [1.29, 1.82) is 0 Å². The highest BCUT2D eigenvalue weighted by Gasteiger charge is 2.28. The summed E-state index contributed by atoms with van der Waals surface area (Å²) in [4.78, 5) is 34.9. The minimum atomic E-state index is -0.915. The van der Waals surface area contributed by atoms with Crippen LogP contribution < -0.4 is 10.6 Å². The summed E-state index contributed by atoms with van der Waals surface area (Å²) in [5, 5.41) is 14.4. The summed E-state index contributed by atoms with van der Waals surface area (Å²) in [6.07, 6.45) is 2.64. The van der Waals surface area contributed by atoms with Gasteiger partial charge in [-0.05, 0) is 41.5 Å². The Balaban J connectivity index is 1.33. The lowest BCUT2D eigenvalue weighted by molar-refractivity contribution is -0.137. The largest absolute Gasteiger partial charge is 0.481 e. The first-order valence-corrected chi connectivity index (χ1v) is 11.6. The molecule has 176 valence electrons. The SMILES string of the molecule is CC[C@@H](CC(=O)O)NC(=O)CCCCCNC(=O)OCC1c2ccccc2-c2ccccc21. The fraction of sp³-hybridized carbons (Fsp3) is 0.423. The monoisotopic (exact) mass is 452 g/mol. The van der Waals surface area contributed by atoms with Crippen molar-refractivity contribution < 1.29 is 24.2 Å². The normalized spacial score (nSPS) is 13.0. The smallest absolute Gasteiger partial charge is 0.407 e. The number of amides is 2. The molecule has 0 bridgehead atoms. The van der Waals surface area contributed by atoms with E-state index < -0.39 is 12.1 Å². The molecule has 3 N–H and O–H groups in total. The average Bonchev–Trinajstić information content (AvgIpc) is 3.13. The van der Waals surface area contributed by atoms with Gasteiger partial charge in [-0.2, -0.15) is 0 Å². The molecule has 0 aliphatic heterocycles. The van der Waals surface area contributed by atoms with Crippen LogP contribution in [0.3, 0.4) is 0 Å². The minimum Gasteiger partial charge on any atom is -0.481 e. The molecule has 0 saturated heterocycles. The number of benzene rings is 2. The minimum absolute atomic E-state index is 0.0368. The van der Waals surface area contributed by atoms with Crippen LogP contribution in [0.5, 0.6) is 0 Å². The van der Waals surface area contributed by atoms with Gasteiger partial charge in [0, 0.05) is 24.9 Å². The van der Waals surface area contributed by atoms with Crippen LogP contribution in [0.4, 0.5) is 4.79 Å². The summed E-state index contributed by atoms with van der Waals surface area (Å²) in [7, 11) is 0. The maximum atomic E-state index is 12.2. The number of alkyl carbamates (subject to hydrolysis) is 1. The van der Waals surface area contributed by atoms with Gasteiger partial charge in [0.2, 0.25) is 5.91 Å². The van der Waals surface area contributed by atoms with Crippen LogP contribution in [0.1, 0.15) is 62.5 Å². The molecule has 33 heavy (non-hydrogen) atoms. The van der Waals surface area contributed by atoms with Crippen molar-refractivity contribution in [3.05, 3.63) is 59.7 Å². The highest BCUT2D eigenvalue weighted by atomic mass is 16.5. The van der Waals surface area contributed by atoms with E-state index in [1.807, 2.05) is 31.2 Å². The predicted molar refractivity (Wildman–Crippen MR) is 126 cm³/mol. The third-order valence-corrected chi connectivity index (χ3v) is 5.97. The number of carbonyl (C=O) groups excluding carboxylic acids is 2. The van der Waals surface area contributed by atoms with E-state index in [2.05, 4.69) is 34.9 Å². The Hall–Kier alpha value is -3.35. The average molecular weight is 453 g/mol.